The van der Waals surface area contributed by atoms with Gasteiger partial charge in [-0.2, -0.15) is 0 Å². The normalized spacial score (nSPS) is 23.4. The third-order valence-corrected chi connectivity index (χ3v) is 3.59. The van der Waals surface area contributed by atoms with Gasteiger partial charge in [0.2, 0.25) is 0 Å². The summed E-state index contributed by atoms with van der Waals surface area (Å²) in [5, 5.41) is 0. The van der Waals surface area contributed by atoms with Crippen LogP contribution in [0.5, 0.6) is 5.75 Å². The summed E-state index contributed by atoms with van der Waals surface area (Å²) >= 11 is 3.39. The minimum atomic E-state index is -0.230. The summed E-state index contributed by atoms with van der Waals surface area (Å²) in [5.74, 6) is 0.591. The lowest BCUT2D eigenvalue weighted by atomic mass is 9.94. The molecule has 0 bridgehead atoms. The number of benzene rings is 1. The zero-order chi connectivity index (χ0) is 13.0. The molecule has 3 nitrogen and oxygen atoms in total. The van der Waals surface area contributed by atoms with E-state index in [0.29, 0.717) is 0 Å². The number of carbonyl (C=O) groups is 1. The molecule has 0 N–H and O–H groups in total. The summed E-state index contributed by atoms with van der Waals surface area (Å²) < 4.78 is 12.3. The summed E-state index contributed by atoms with van der Waals surface area (Å²) in [4.78, 5) is 11.1. The summed E-state index contributed by atoms with van der Waals surface area (Å²) in [7, 11) is 0. The summed E-state index contributed by atoms with van der Waals surface area (Å²) in [6, 6.07) is 7.73. The average molecular weight is 313 g/mol. The SMILES string of the molecule is CC(=O)OC1CCCCC1Oc1ccc(Br)cc1. The fourth-order valence-corrected chi connectivity index (χ4v) is 2.50. The zero-order valence-electron chi connectivity index (χ0n) is 10.4. The standard InChI is InChI=1S/C14H17BrO3/c1-10(16)17-13-4-2-3-5-14(13)18-12-8-6-11(15)7-9-12/h6-9,13-14H,2-5H2,1H3. The van der Waals surface area contributed by atoms with E-state index in [1.165, 1.54) is 6.92 Å². The van der Waals surface area contributed by atoms with Crippen LogP contribution in [0, 0.1) is 0 Å². The predicted octanol–water partition coefficient (Wildman–Crippen LogP) is 3.70. The van der Waals surface area contributed by atoms with Crippen molar-refractivity contribution < 1.29 is 14.3 Å². The molecule has 0 aromatic heterocycles. The lowest BCUT2D eigenvalue weighted by molar-refractivity contribution is -0.153. The molecule has 1 aliphatic carbocycles. The molecule has 98 valence electrons. The first kappa shape index (κ1) is 13.4. The first-order chi connectivity index (χ1) is 8.65. The molecule has 1 aliphatic rings. The van der Waals surface area contributed by atoms with Gasteiger partial charge < -0.3 is 9.47 Å². The maximum atomic E-state index is 11.1. The fraction of sp³-hybridized carbons (Fsp3) is 0.500. The zero-order valence-corrected chi connectivity index (χ0v) is 12.0. The van der Waals surface area contributed by atoms with Gasteiger partial charge in [-0.05, 0) is 49.9 Å². The number of halogens is 1. The minimum Gasteiger partial charge on any atom is -0.487 e. The lowest BCUT2D eigenvalue weighted by Gasteiger charge is -2.31. The third kappa shape index (κ3) is 3.73. The first-order valence-electron chi connectivity index (χ1n) is 6.24. The second kappa shape index (κ2) is 6.23. The van der Waals surface area contributed by atoms with Crippen LogP contribution in [0.2, 0.25) is 0 Å². The Hall–Kier alpha value is -1.03. The monoisotopic (exact) mass is 312 g/mol. The van der Waals surface area contributed by atoms with Crippen LogP contribution >= 0.6 is 15.9 Å². The molecule has 18 heavy (non-hydrogen) atoms. The van der Waals surface area contributed by atoms with E-state index in [1.54, 1.807) is 0 Å². The summed E-state index contributed by atoms with van der Waals surface area (Å²) in [5.41, 5.74) is 0. The molecule has 1 aromatic rings. The van der Waals surface area contributed by atoms with E-state index < -0.39 is 0 Å². The average Bonchev–Trinajstić information content (AvgIpc) is 2.34. The van der Waals surface area contributed by atoms with Gasteiger partial charge in [-0.1, -0.05) is 15.9 Å². The van der Waals surface area contributed by atoms with Crippen LogP contribution in [-0.4, -0.2) is 18.2 Å². The van der Waals surface area contributed by atoms with E-state index in [-0.39, 0.29) is 18.2 Å². The van der Waals surface area contributed by atoms with Crippen LogP contribution in [0.4, 0.5) is 0 Å². The highest BCUT2D eigenvalue weighted by Crippen LogP contribution is 2.26. The van der Waals surface area contributed by atoms with Crippen LogP contribution in [0.15, 0.2) is 28.7 Å². The molecule has 1 fully saturated rings. The van der Waals surface area contributed by atoms with E-state index >= 15 is 0 Å². The Bertz CT molecular complexity index is 402. The maximum Gasteiger partial charge on any atom is 0.303 e. The Morgan fingerprint density at radius 3 is 2.39 bits per heavy atom. The Morgan fingerprint density at radius 1 is 1.17 bits per heavy atom. The molecular weight excluding hydrogens is 296 g/mol. The summed E-state index contributed by atoms with van der Waals surface area (Å²) in [6.07, 6.45) is 3.91. The fourth-order valence-electron chi connectivity index (χ4n) is 2.23. The smallest absolute Gasteiger partial charge is 0.303 e. The van der Waals surface area contributed by atoms with Gasteiger partial charge in [-0.3, -0.25) is 4.79 Å². The molecule has 0 aliphatic heterocycles. The molecule has 1 saturated carbocycles. The Kier molecular flexibility index (Phi) is 4.64. The van der Waals surface area contributed by atoms with Crippen molar-refractivity contribution >= 4 is 21.9 Å². The molecule has 2 unspecified atom stereocenters. The van der Waals surface area contributed by atoms with Crippen molar-refractivity contribution in [3.63, 3.8) is 0 Å². The Labute approximate surface area is 116 Å². The van der Waals surface area contributed by atoms with E-state index in [9.17, 15) is 4.79 Å². The van der Waals surface area contributed by atoms with Gasteiger partial charge in [0, 0.05) is 11.4 Å². The second-order valence-electron chi connectivity index (χ2n) is 4.54. The van der Waals surface area contributed by atoms with Crippen LogP contribution < -0.4 is 4.74 Å². The molecule has 2 rings (SSSR count). The van der Waals surface area contributed by atoms with Crippen LogP contribution in [-0.2, 0) is 9.53 Å². The summed E-state index contributed by atoms with van der Waals surface area (Å²) in [6.45, 7) is 1.45. The number of carbonyl (C=O) groups excluding carboxylic acids is 1. The van der Waals surface area contributed by atoms with E-state index in [2.05, 4.69) is 15.9 Å². The topological polar surface area (TPSA) is 35.5 Å². The first-order valence-corrected chi connectivity index (χ1v) is 7.04. The van der Waals surface area contributed by atoms with Gasteiger partial charge in [0.25, 0.3) is 0 Å². The molecule has 0 radical (unpaired) electrons. The van der Waals surface area contributed by atoms with Crippen LogP contribution in [0.1, 0.15) is 32.6 Å². The van der Waals surface area contributed by atoms with Crippen molar-refractivity contribution in [2.24, 2.45) is 0 Å². The molecule has 0 spiro atoms. The number of hydrogen-bond acceptors (Lipinski definition) is 3. The molecule has 0 heterocycles. The Morgan fingerprint density at radius 2 is 1.78 bits per heavy atom. The number of esters is 1. The Balaban J connectivity index is 2.00. The molecular formula is C14H17BrO3. The molecule has 0 amide bonds. The van der Waals surface area contributed by atoms with Crippen molar-refractivity contribution in [1.82, 2.24) is 0 Å². The van der Waals surface area contributed by atoms with Crippen molar-refractivity contribution in [1.29, 1.82) is 0 Å². The maximum absolute atomic E-state index is 11.1. The van der Waals surface area contributed by atoms with Crippen molar-refractivity contribution in [3.05, 3.63) is 28.7 Å². The molecule has 4 heteroatoms. The number of ether oxygens (including phenoxy) is 2. The van der Waals surface area contributed by atoms with Crippen LogP contribution in [0.3, 0.4) is 0 Å². The highest BCUT2D eigenvalue weighted by molar-refractivity contribution is 9.10. The number of hydrogen-bond donors (Lipinski definition) is 0. The van der Waals surface area contributed by atoms with Gasteiger partial charge in [0.1, 0.15) is 18.0 Å². The molecule has 2 atom stereocenters. The van der Waals surface area contributed by atoms with Gasteiger partial charge in [0.15, 0.2) is 0 Å². The van der Waals surface area contributed by atoms with Gasteiger partial charge in [-0.25, -0.2) is 0 Å². The van der Waals surface area contributed by atoms with Gasteiger partial charge in [0.05, 0.1) is 0 Å². The molecule has 0 saturated heterocycles. The quantitative estimate of drug-likeness (QED) is 0.798. The predicted molar refractivity (Wildman–Crippen MR) is 72.6 cm³/mol. The second-order valence-corrected chi connectivity index (χ2v) is 5.46. The van der Waals surface area contributed by atoms with Gasteiger partial charge in [-0.15, -0.1) is 0 Å². The van der Waals surface area contributed by atoms with E-state index in [1.807, 2.05) is 24.3 Å². The largest absolute Gasteiger partial charge is 0.487 e. The third-order valence-electron chi connectivity index (χ3n) is 3.06. The van der Waals surface area contributed by atoms with Gasteiger partial charge >= 0.3 is 5.97 Å². The highest BCUT2D eigenvalue weighted by Gasteiger charge is 2.29. The minimum absolute atomic E-state index is 0.0242. The highest BCUT2D eigenvalue weighted by atomic mass is 79.9. The van der Waals surface area contributed by atoms with Crippen LogP contribution in [0.25, 0.3) is 0 Å². The van der Waals surface area contributed by atoms with E-state index in [0.717, 1.165) is 35.9 Å². The molecule has 1 aromatic carbocycles. The van der Waals surface area contributed by atoms with Crippen molar-refractivity contribution in [3.8, 4) is 5.75 Å². The lowest BCUT2D eigenvalue weighted by Crippen LogP contribution is -2.38. The number of rotatable bonds is 3. The van der Waals surface area contributed by atoms with Crippen molar-refractivity contribution in [2.45, 2.75) is 44.8 Å². The van der Waals surface area contributed by atoms with E-state index in [4.69, 9.17) is 9.47 Å². The van der Waals surface area contributed by atoms with Crippen molar-refractivity contribution in [2.75, 3.05) is 0 Å².